The summed E-state index contributed by atoms with van der Waals surface area (Å²) in [6.07, 6.45) is 0. The first kappa shape index (κ1) is 8.90. The number of thiophene rings is 1. The zero-order chi connectivity index (χ0) is 9.30. The molecule has 6 heteroatoms. The van der Waals surface area contributed by atoms with Crippen LogP contribution in [-0.4, -0.2) is 5.91 Å². The van der Waals surface area contributed by atoms with Gasteiger partial charge in [0.05, 0.1) is 15.5 Å². The van der Waals surface area contributed by atoms with Crippen LogP contribution in [0.3, 0.4) is 0 Å². The quantitative estimate of drug-likeness (QED) is 0.578. The third-order valence-electron chi connectivity index (χ3n) is 1.26. The highest BCUT2D eigenvalue weighted by atomic mass is 32.2. The van der Waals surface area contributed by atoms with E-state index in [0.29, 0.717) is 4.21 Å². The number of nitriles is 1. The molecule has 62 valence electrons. The van der Waals surface area contributed by atoms with Crippen LogP contribution in [-0.2, 0) is 0 Å². The molecule has 0 saturated heterocycles. The summed E-state index contributed by atoms with van der Waals surface area (Å²) in [5.74, 6) is -0.630. The van der Waals surface area contributed by atoms with Gasteiger partial charge in [0.2, 0.25) is 0 Å². The summed E-state index contributed by atoms with van der Waals surface area (Å²) in [6.45, 7) is 0. The summed E-state index contributed by atoms with van der Waals surface area (Å²) < 4.78 is 0.420. The van der Waals surface area contributed by atoms with Crippen molar-refractivity contribution < 1.29 is 4.79 Å². The lowest BCUT2D eigenvalue weighted by atomic mass is 10.3. The van der Waals surface area contributed by atoms with Crippen molar-refractivity contribution in [2.75, 3.05) is 5.73 Å². The Balaban J connectivity index is 3.39. The van der Waals surface area contributed by atoms with Crippen molar-refractivity contribution in [2.24, 2.45) is 5.73 Å². The molecule has 1 amide bonds. The zero-order valence-electron chi connectivity index (χ0n) is 5.87. The number of thiol groups is 1. The van der Waals surface area contributed by atoms with E-state index >= 15 is 0 Å². The number of primary amides is 1. The number of hydrogen-bond donors (Lipinski definition) is 3. The first-order valence-corrected chi connectivity index (χ1v) is 4.15. The highest BCUT2D eigenvalue weighted by Gasteiger charge is 2.16. The maximum Gasteiger partial charge on any atom is 0.260 e. The van der Waals surface area contributed by atoms with Crippen molar-refractivity contribution in [3.05, 3.63) is 10.4 Å². The Hall–Kier alpha value is -1.19. The summed E-state index contributed by atoms with van der Waals surface area (Å²) in [4.78, 5) is 10.9. The number of hydrogen-bond acceptors (Lipinski definition) is 5. The molecule has 1 aromatic heterocycles. The summed E-state index contributed by atoms with van der Waals surface area (Å²) in [5.41, 5.74) is 10.8. The maximum atomic E-state index is 10.7. The van der Waals surface area contributed by atoms with Gasteiger partial charge in [-0.15, -0.1) is 24.0 Å². The molecule has 0 atom stereocenters. The monoisotopic (exact) mass is 199 g/mol. The number of carbonyl (C=O) groups excluding carboxylic acids is 1. The third-order valence-corrected chi connectivity index (χ3v) is 2.78. The Morgan fingerprint density at radius 3 is 2.50 bits per heavy atom. The fraction of sp³-hybridized carbons (Fsp3) is 0. The van der Waals surface area contributed by atoms with Crippen LogP contribution in [0.25, 0.3) is 0 Å². The molecule has 1 aromatic rings. The lowest BCUT2D eigenvalue weighted by Gasteiger charge is -1.90. The zero-order valence-corrected chi connectivity index (χ0v) is 7.58. The van der Waals surface area contributed by atoms with Crippen molar-refractivity contribution in [3.63, 3.8) is 0 Å². The molecule has 0 bridgehead atoms. The van der Waals surface area contributed by atoms with Gasteiger partial charge in [-0.2, -0.15) is 5.26 Å². The third kappa shape index (κ3) is 1.24. The van der Waals surface area contributed by atoms with Crippen LogP contribution in [0.2, 0.25) is 0 Å². The molecule has 0 saturated carbocycles. The molecule has 0 aromatic carbocycles. The molecule has 1 rings (SSSR count). The van der Waals surface area contributed by atoms with E-state index < -0.39 is 5.91 Å². The van der Waals surface area contributed by atoms with E-state index in [9.17, 15) is 4.79 Å². The molecule has 0 aliphatic rings. The molecule has 0 spiro atoms. The Kier molecular flexibility index (Phi) is 2.26. The van der Waals surface area contributed by atoms with Crippen LogP contribution in [0.1, 0.15) is 15.2 Å². The molecular formula is C6H5N3OS2. The number of rotatable bonds is 1. The van der Waals surface area contributed by atoms with Gasteiger partial charge in [0.15, 0.2) is 0 Å². The molecular weight excluding hydrogens is 194 g/mol. The lowest BCUT2D eigenvalue weighted by molar-refractivity contribution is 0.100. The van der Waals surface area contributed by atoms with Gasteiger partial charge < -0.3 is 11.5 Å². The summed E-state index contributed by atoms with van der Waals surface area (Å²) in [5, 5.41) is 8.57. The highest BCUT2D eigenvalue weighted by molar-refractivity contribution is 7.83. The molecule has 4 nitrogen and oxygen atoms in total. The van der Waals surface area contributed by atoms with E-state index in [1.165, 1.54) is 0 Å². The number of nitrogens with zero attached hydrogens (tertiary/aromatic N) is 1. The SMILES string of the molecule is N#Cc1c(S)sc(C(N)=O)c1N. The largest absolute Gasteiger partial charge is 0.396 e. The number of carbonyl (C=O) groups is 1. The molecule has 4 N–H and O–H groups in total. The number of anilines is 1. The normalized spacial score (nSPS) is 9.33. The van der Waals surface area contributed by atoms with Gasteiger partial charge in [0, 0.05) is 0 Å². The predicted octanol–water partition coefficient (Wildman–Crippen LogP) is 0.590. The van der Waals surface area contributed by atoms with Gasteiger partial charge in [-0.05, 0) is 0 Å². The Morgan fingerprint density at radius 1 is 1.67 bits per heavy atom. The summed E-state index contributed by atoms with van der Waals surface area (Å²) in [6, 6.07) is 1.84. The van der Waals surface area contributed by atoms with Crippen LogP contribution < -0.4 is 11.5 Å². The minimum Gasteiger partial charge on any atom is -0.396 e. The minimum atomic E-state index is -0.630. The van der Waals surface area contributed by atoms with E-state index in [0.717, 1.165) is 11.3 Å². The Bertz CT molecular complexity index is 377. The summed E-state index contributed by atoms with van der Waals surface area (Å²) >= 11 is 4.99. The maximum absolute atomic E-state index is 10.7. The van der Waals surface area contributed by atoms with Crippen molar-refractivity contribution in [3.8, 4) is 6.07 Å². The van der Waals surface area contributed by atoms with E-state index in [-0.39, 0.29) is 16.1 Å². The first-order valence-electron chi connectivity index (χ1n) is 2.89. The second kappa shape index (κ2) is 3.05. The van der Waals surface area contributed by atoms with E-state index in [1.54, 1.807) is 0 Å². The van der Waals surface area contributed by atoms with Gasteiger partial charge in [0.25, 0.3) is 5.91 Å². The highest BCUT2D eigenvalue weighted by Crippen LogP contribution is 2.32. The fourth-order valence-electron chi connectivity index (χ4n) is 0.722. The van der Waals surface area contributed by atoms with Gasteiger partial charge in [0.1, 0.15) is 10.9 Å². The van der Waals surface area contributed by atoms with Gasteiger partial charge >= 0.3 is 0 Å². The predicted molar refractivity (Wildman–Crippen MR) is 49.2 cm³/mol. The molecule has 0 radical (unpaired) electrons. The number of amides is 1. The molecule has 0 aliphatic carbocycles. The topological polar surface area (TPSA) is 92.9 Å². The smallest absolute Gasteiger partial charge is 0.260 e. The van der Waals surface area contributed by atoms with Gasteiger partial charge in [-0.3, -0.25) is 4.79 Å². The average Bonchev–Trinajstić information content (AvgIpc) is 2.27. The standard InChI is InChI=1S/C6H5N3OS2/c7-1-2-3(8)4(5(9)10)12-6(2)11/h11H,8H2,(H2,9,10). The van der Waals surface area contributed by atoms with Crippen LogP contribution in [0, 0.1) is 11.3 Å². The van der Waals surface area contributed by atoms with Gasteiger partial charge in [-0.1, -0.05) is 0 Å². The van der Waals surface area contributed by atoms with Gasteiger partial charge in [-0.25, -0.2) is 0 Å². The summed E-state index contributed by atoms with van der Waals surface area (Å²) in [7, 11) is 0. The van der Waals surface area contributed by atoms with Crippen molar-refractivity contribution in [2.45, 2.75) is 4.21 Å². The number of nitrogens with two attached hydrogens (primary N) is 2. The second-order valence-corrected chi connectivity index (χ2v) is 3.77. The van der Waals surface area contributed by atoms with Crippen molar-refractivity contribution in [1.29, 1.82) is 5.26 Å². The van der Waals surface area contributed by atoms with Crippen LogP contribution in [0.5, 0.6) is 0 Å². The van der Waals surface area contributed by atoms with Crippen LogP contribution in [0.15, 0.2) is 4.21 Å². The second-order valence-electron chi connectivity index (χ2n) is 2.00. The number of nitrogen functional groups attached to an aromatic ring is 1. The molecule has 12 heavy (non-hydrogen) atoms. The molecule has 0 aliphatic heterocycles. The molecule has 1 heterocycles. The van der Waals surface area contributed by atoms with E-state index in [2.05, 4.69) is 12.6 Å². The van der Waals surface area contributed by atoms with Crippen molar-refractivity contribution in [1.82, 2.24) is 0 Å². The minimum absolute atomic E-state index is 0.125. The van der Waals surface area contributed by atoms with Crippen LogP contribution >= 0.6 is 24.0 Å². The Labute approximate surface area is 78.2 Å². The Morgan fingerprint density at radius 2 is 2.25 bits per heavy atom. The van der Waals surface area contributed by atoms with E-state index in [4.69, 9.17) is 16.7 Å². The first-order chi connectivity index (χ1) is 5.57. The molecule has 0 fully saturated rings. The van der Waals surface area contributed by atoms with Crippen molar-refractivity contribution >= 4 is 35.6 Å². The average molecular weight is 199 g/mol. The fourth-order valence-corrected chi connectivity index (χ4v) is 1.93. The lowest BCUT2D eigenvalue weighted by Crippen LogP contribution is -2.10. The van der Waals surface area contributed by atoms with E-state index in [1.807, 2.05) is 6.07 Å². The molecule has 0 unspecified atom stereocenters. The van der Waals surface area contributed by atoms with Crippen LogP contribution in [0.4, 0.5) is 5.69 Å².